The van der Waals surface area contributed by atoms with Gasteiger partial charge in [-0.1, -0.05) is 12.1 Å². The van der Waals surface area contributed by atoms with Crippen LogP contribution in [0.5, 0.6) is 11.5 Å². The van der Waals surface area contributed by atoms with Crippen molar-refractivity contribution < 1.29 is 15.0 Å². The summed E-state index contributed by atoms with van der Waals surface area (Å²) >= 11 is 3.44. The fourth-order valence-electron chi connectivity index (χ4n) is 2.17. The zero-order valence-corrected chi connectivity index (χ0v) is 11.3. The third-order valence-corrected chi connectivity index (χ3v) is 3.91. The van der Waals surface area contributed by atoms with Gasteiger partial charge in [0.1, 0.15) is 11.5 Å². The lowest BCUT2D eigenvalue weighted by molar-refractivity contribution is 0.105. The van der Waals surface area contributed by atoms with E-state index < -0.39 is 0 Å². The van der Waals surface area contributed by atoms with Gasteiger partial charge in [0, 0.05) is 21.2 Å². The maximum Gasteiger partial charge on any atom is 0.195 e. The molecule has 4 heteroatoms. The first-order valence-corrected chi connectivity index (χ1v) is 6.44. The molecular weight excluding hydrogens is 308 g/mol. The van der Waals surface area contributed by atoms with Gasteiger partial charge in [0.2, 0.25) is 0 Å². The predicted octanol–water partition coefficient (Wildman–Crippen LogP) is 3.56. The topological polar surface area (TPSA) is 57.5 Å². The number of halogens is 1. The number of hydrogen-bond donors (Lipinski definition) is 2. The van der Waals surface area contributed by atoms with Crippen molar-refractivity contribution in [3.05, 3.63) is 59.2 Å². The molecule has 0 saturated heterocycles. The van der Waals surface area contributed by atoms with E-state index in [0.29, 0.717) is 15.6 Å². The minimum atomic E-state index is -0.136. The lowest BCUT2D eigenvalue weighted by Gasteiger charge is -2.02. The van der Waals surface area contributed by atoms with Gasteiger partial charge in [-0.2, -0.15) is 0 Å². The molecule has 0 spiro atoms. The van der Waals surface area contributed by atoms with E-state index in [9.17, 15) is 15.0 Å². The van der Waals surface area contributed by atoms with Crippen LogP contribution in [-0.4, -0.2) is 16.0 Å². The van der Waals surface area contributed by atoms with E-state index in [0.717, 1.165) is 11.1 Å². The average Bonchev–Trinajstić information content (AvgIpc) is 2.63. The first-order chi connectivity index (χ1) is 9.08. The molecule has 1 aliphatic rings. The Morgan fingerprint density at radius 1 is 0.842 bits per heavy atom. The number of hydrogen-bond acceptors (Lipinski definition) is 3. The van der Waals surface area contributed by atoms with Crippen LogP contribution in [0.2, 0.25) is 0 Å². The summed E-state index contributed by atoms with van der Waals surface area (Å²) in [6, 6.07) is 11.2. The molecule has 0 aliphatic heterocycles. The van der Waals surface area contributed by atoms with E-state index in [1.165, 1.54) is 18.2 Å². The van der Waals surface area contributed by atoms with Gasteiger partial charge >= 0.3 is 0 Å². The number of phenolic OH excluding ortho intramolecular Hbond substituents is 2. The monoisotopic (exact) mass is 316 g/mol. The van der Waals surface area contributed by atoms with Crippen molar-refractivity contribution in [3.63, 3.8) is 0 Å². The highest BCUT2D eigenvalue weighted by atomic mass is 79.9. The second kappa shape index (κ2) is 4.24. The van der Waals surface area contributed by atoms with Gasteiger partial charge in [-0.05, 0) is 51.8 Å². The molecule has 2 aromatic rings. The van der Waals surface area contributed by atoms with Crippen LogP contribution in [0.1, 0.15) is 21.5 Å². The van der Waals surface area contributed by atoms with E-state index in [1.54, 1.807) is 24.3 Å². The molecule has 0 fully saturated rings. The van der Waals surface area contributed by atoms with E-state index >= 15 is 0 Å². The molecule has 0 saturated carbocycles. The highest BCUT2D eigenvalue weighted by Gasteiger charge is 2.29. The Kier molecular flexibility index (Phi) is 2.68. The third-order valence-electron chi connectivity index (χ3n) is 3.09. The number of benzene rings is 2. The Morgan fingerprint density at radius 3 is 2.16 bits per heavy atom. The van der Waals surface area contributed by atoms with Crippen molar-refractivity contribution in [2.75, 3.05) is 0 Å². The number of allylic oxidation sites excluding steroid dienone is 1. The van der Waals surface area contributed by atoms with Crippen molar-refractivity contribution in [1.29, 1.82) is 0 Å². The molecular formula is C15H9BrO3. The minimum absolute atomic E-state index is 0.0688. The van der Waals surface area contributed by atoms with Crippen molar-refractivity contribution in [2.24, 2.45) is 0 Å². The molecule has 94 valence electrons. The van der Waals surface area contributed by atoms with E-state index in [-0.39, 0.29) is 17.3 Å². The summed E-state index contributed by atoms with van der Waals surface area (Å²) in [5, 5.41) is 18.8. The van der Waals surface area contributed by atoms with Gasteiger partial charge < -0.3 is 10.2 Å². The van der Waals surface area contributed by atoms with E-state index in [4.69, 9.17) is 0 Å². The molecule has 3 nitrogen and oxygen atoms in total. The van der Waals surface area contributed by atoms with Crippen molar-refractivity contribution in [1.82, 2.24) is 0 Å². The van der Waals surface area contributed by atoms with Gasteiger partial charge in [-0.3, -0.25) is 4.79 Å². The molecule has 2 N–H and O–H groups in total. The number of ketones is 1. The smallest absolute Gasteiger partial charge is 0.195 e. The summed E-state index contributed by atoms with van der Waals surface area (Å²) in [5.41, 5.74) is 2.52. The number of fused-ring (bicyclic) bond motifs is 1. The Bertz CT molecular complexity index is 715. The van der Waals surface area contributed by atoms with Crippen LogP contribution in [0, 0.1) is 0 Å². The Morgan fingerprint density at radius 2 is 1.47 bits per heavy atom. The maximum absolute atomic E-state index is 12.4. The average molecular weight is 317 g/mol. The molecule has 2 aromatic carbocycles. The minimum Gasteiger partial charge on any atom is -0.508 e. The highest BCUT2D eigenvalue weighted by molar-refractivity contribution is 9.15. The second-order valence-corrected chi connectivity index (χ2v) is 5.09. The molecule has 0 heterocycles. The number of carbonyl (C=O) groups is 1. The number of phenols is 2. The molecule has 0 atom stereocenters. The summed E-state index contributed by atoms with van der Waals surface area (Å²) in [6.07, 6.45) is 0. The Hall–Kier alpha value is -2.07. The lowest BCUT2D eigenvalue weighted by atomic mass is 10.0. The van der Waals surface area contributed by atoms with E-state index in [1.807, 2.05) is 0 Å². The molecule has 19 heavy (non-hydrogen) atoms. The van der Waals surface area contributed by atoms with Crippen LogP contribution in [0.25, 0.3) is 10.1 Å². The van der Waals surface area contributed by atoms with Gasteiger partial charge in [0.15, 0.2) is 5.78 Å². The van der Waals surface area contributed by atoms with Gasteiger partial charge in [0.25, 0.3) is 0 Å². The van der Waals surface area contributed by atoms with Crippen LogP contribution < -0.4 is 0 Å². The fourth-order valence-corrected chi connectivity index (χ4v) is 2.92. The summed E-state index contributed by atoms with van der Waals surface area (Å²) in [4.78, 5) is 12.4. The largest absolute Gasteiger partial charge is 0.508 e. The maximum atomic E-state index is 12.4. The Labute approximate surface area is 118 Å². The summed E-state index contributed by atoms with van der Waals surface area (Å²) in [5.74, 6) is 0.0869. The zero-order chi connectivity index (χ0) is 13.6. The molecule has 0 radical (unpaired) electrons. The molecule has 1 aliphatic carbocycles. The summed E-state index contributed by atoms with van der Waals surface area (Å²) < 4.78 is 0.707. The van der Waals surface area contributed by atoms with Crippen LogP contribution in [0.4, 0.5) is 0 Å². The summed E-state index contributed by atoms with van der Waals surface area (Å²) in [7, 11) is 0. The summed E-state index contributed by atoms with van der Waals surface area (Å²) in [6.45, 7) is 0. The first-order valence-electron chi connectivity index (χ1n) is 5.65. The second-order valence-electron chi connectivity index (χ2n) is 4.29. The zero-order valence-electron chi connectivity index (χ0n) is 9.72. The predicted molar refractivity (Wildman–Crippen MR) is 76.3 cm³/mol. The van der Waals surface area contributed by atoms with Crippen molar-refractivity contribution in [2.45, 2.75) is 0 Å². The van der Waals surface area contributed by atoms with Gasteiger partial charge in [0.05, 0.1) is 0 Å². The normalized spacial score (nSPS) is 13.8. The SMILES string of the molecule is O=C1C(c2ccc(O)cc2)=C(Br)c2ccc(O)cc21. The molecule has 0 unspecified atom stereocenters. The first kappa shape index (κ1) is 12.0. The fraction of sp³-hybridized carbons (Fsp3) is 0. The quantitative estimate of drug-likeness (QED) is 0.845. The number of Topliss-reactive ketones (excluding diaryl/α,β-unsaturated/α-hetero) is 1. The molecule has 3 rings (SSSR count). The van der Waals surface area contributed by atoms with Gasteiger partial charge in [-0.25, -0.2) is 0 Å². The number of rotatable bonds is 1. The van der Waals surface area contributed by atoms with Gasteiger partial charge in [-0.15, -0.1) is 0 Å². The molecule has 0 bridgehead atoms. The van der Waals surface area contributed by atoms with Crippen LogP contribution in [0.3, 0.4) is 0 Å². The molecule has 0 aromatic heterocycles. The third kappa shape index (κ3) is 1.85. The van der Waals surface area contributed by atoms with Crippen molar-refractivity contribution in [3.8, 4) is 11.5 Å². The van der Waals surface area contributed by atoms with Crippen LogP contribution in [-0.2, 0) is 0 Å². The standard InChI is InChI=1S/C15H9BrO3/c16-14-11-6-5-10(18)7-12(11)15(19)13(14)8-1-3-9(17)4-2-8/h1-7,17-18H. The Balaban J connectivity index is 2.17. The van der Waals surface area contributed by atoms with Crippen LogP contribution in [0.15, 0.2) is 42.5 Å². The number of carbonyl (C=O) groups excluding carboxylic acids is 1. The lowest BCUT2D eigenvalue weighted by Crippen LogP contribution is -1.97. The molecule has 0 amide bonds. The number of aromatic hydroxyl groups is 2. The van der Waals surface area contributed by atoms with Crippen LogP contribution >= 0.6 is 15.9 Å². The van der Waals surface area contributed by atoms with E-state index in [2.05, 4.69) is 15.9 Å². The van der Waals surface area contributed by atoms with Crippen molar-refractivity contribution >= 4 is 31.8 Å². The highest BCUT2D eigenvalue weighted by Crippen LogP contribution is 2.42.